The maximum atomic E-state index is 5.59. The summed E-state index contributed by atoms with van der Waals surface area (Å²) in [5.41, 5.74) is 1.20. The average molecular weight is 278 g/mol. The van der Waals surface area contributed by atoms with E-state index in [0.717, 1.165) is 31.7 Å². The van der Waals surface area contributed by atoms with Crippen molar-refractivity contribution in [3.05, 3.63) is 11.8 Å². The van der Waals surface area contributed by atoms with Crippen molar-refractivity contribution in [2.24, 2.45) is 5.41 Å². The molecule has 0 amide bonds. The van der Waals surface area contributed by atoms with Crippen LogP contribution in [-0.4, -0.2) is 36.2 Å². The Bertz CT molecular complexity index is 430. The molecule has 2 heterocycles. The third-order valence-corrected chi connectivity index (χ3v) is 3.64. The van der Waals surface area contributed by atoms with Crippen LogP contribution in [0.5, 0.6) is 5.88 Å². The van der Waals surface area contributed by atoms with Crippen molar-refractivity contribution in [2.75, 3.05) is 31.6 Å². The molecule has 1 fully saturated rings. The summed E-state index contributed by atoms with van der Waals surface area (Å²) in [6.45, 7) is 10.1. The van der Waals surface area contributed by atoms with Crippen molar-refractivity contribution in [2.45, 2.75) is 40.0 Å². The number of hydrogen-bond donors (Lipinski definition) is 2. The van der Waals surface area contributed by atoms with Crippen LogP contribution in [-0.2, 0) is 0 Å². The van der Waals surface area contributed by atoms with Crippen molar-refractivity contribution < 1.29 is 4.74 Å². The molecule has 0 aliphatic carbocycles. The summed E-state index contributed by atoms with van der Waals surface area (Å²) < 4.78 is 5.59. The molecule has 1 unspecified atom stereocenters. The van der Waals surface area contributed by atoms with Crippen LogP contribution in [0, 0.1) is 12.3 Å². The van der Waals surface area contributed by atoms with Crippen LogP contribution in [0.15, 0.2) is 6.07 Å². The number of nitrogens with zero attached hydrogens (tertiary/aromatic N) is 2. The molecule has 5 heteroatoms. The van der Waals surface area contributed by atoms with Crippen molar-refractivity contribution in [3.8, 4) is 5.88 Å². The number of aromatic nitrogens is 2. The molecule has 20 heavy (non-hydrogen) atoms. The van der Waals surface area contributed by atoms with Gasteiger partial charge in [-0.2, -0.15) is 4.98 Å². The summed E-state index contributed by atoms with van der Waals surface area (Å²) in [5.74, 6) is 1.33. The number of hydrogen-bond acceptors (Lipinski definition) is 5. The smallest absolute Gasteiger partial charge is 0.226 e. The molecule has 0 saturated carbocycles. The van der Waals surface area contributed by atoms with Crippen LogP contribution < -0.4 is 15.4 Å². The minimum atomic E-state index is 0.274. The topological polar surface area (TPSA) is 59.1 Å². The van der Waals surface area contributed by atoms with Crippen molar-refractivity contribution in [3.63, 3.8) is 0 Å². The van der Waals surface area contributed by atoms with Gasteiger partial charge >= 0.3 is 0 Å². The lowest BCUT2D eigenvalue weighted by Gasteiger charge is -2.34. The maximum absolute atomic E-state index is 5.59. The predicted molar refractivity (Wildman–Crippen MR) is 81.3 cm³/mol. The minimum absolute atomic E-state index is 0.274. The van der Waals surface area contributed by atoms with E-state index in [4.69, 9.17) is 4.74 Å². The molecule has 5 nitrogen and oxygen atoms in total. The Balaban J connectivity index is 1.96. The zero-order valence-corrected chi connectivity index (χ0v) is 12.8. The van der Waals surface area contributed by atoms with Crippen LogP contribution in [0.25, 0.3) is 0 Å². The molecule has 1 atom stereocenters. The fourth-order valence-electron chi connectivity index (χ4n) is 2.46. The number of ether oxygens (including phenoxy) is 1. The standard InChI is InChI=1S/C15H26N4O/c1-4-8-20-13-9-12(2)18-14(19-13)17-11-15(3)6-5-7-16-10-15/h9,16H,4-8,10-11H2,1-3H3,(H,17,18,19). The van der Waals surface area contributed by atoms with E-state index in [1.54, 1.807) is 0 Å². The molecule has 1 saturated heterocycles. The predicted octanol–water partition coefficient (Wildman–Crippen LogP) is 2.38. The highest BCUT2D eigenvalue weighted by atomic mass is 16.5. The lowest BCUT2D eigenvalue weighted by Crippen LogP contribution is -2.42. The molecule has 0 bridgehead atoms. The summed E-state index contributed by atoms with van der Waals surface area (Å²) in [6.07, 6.45) is 3.45. The van der Waals surface area contributed by atoms with E-state index in [0.29, 0.717) is 18.4 Å². The summed E-state index contributed by atoms with van der Waals surface area (Å²) in [5, 5.41) is 6.83. The summed E-state index contributed by atoms with van der Waals surface area (Å²) in [4.78, 5) is 8.86. The van der Waals surface area contributed by atoms with E-state index in [2.05, 4.69) is 34.4 Å². The van der Waals surface area contributed by atoms with E-state index in [-0.39, 0.29) is 5.41 Å². The monoisotopic (exact) mass is 278 g/mol. The van der Waals surface area contributed by atoms with Crippen molar-refractivity contribution in [1.82, 2.24) is 15.3 Å². The number of rotatable bonds is 6. The van der Waals surface area contributed by atoms with Gasteiger partial charge < -0.3 is 15.4 Å². The van der Waals surface area contributed by atoms with Gasteiger partial charge in [-0.1, -0.05) is 13.8 Å². The van der Waals surface area contributed by atoms with Crippen LogP contribution in [0.2, 0.25) is 0 Å². The molecule has 0 aromatic carbocycles. The van der Waals surface area contributed by atoms with E-state index in [9.17, 15) is 0 Å². The van der Waals surface area contributed by atoms with Crippen LogP contribution in [0.3, 0.4) is 0 Å². The fraction of sp³-hybridized carbons (Fsp3) is 0.733. The normalized spacial score (nSPS) is 22.6. The number of nitrogens with one attached hydrogen (secondary N) is 2. The van der Waals surface area contributed by atoms with E-state index < -0.39 is 0 Å². The zero-order valence-electron chi connectivity index (χ0n) is 12.8. The fourth-order valence-corrected chi connectivity index (χ4v) is 2.46. The third-order valence-electron chi connectivity index (χ3n) is 3.64. The number of anilines is 1. The molecule has 0 radical (unpaired) electrons. The van der Waals surface area contributed by atoms with Crippen LogP contribution in [0.1, 0.15) is 38.8 Å². The SMILES string of the molecule is CCCOc1cc(C)nc(NCC2(C)CCCNC2)n1. The van der Waals surface area contributed by atoms with Crippen LogP contribution >= 0.6 is 0 Å². The van der Waals surface area contributed by atoms with Gasteiger partial charge in [0.2, 0.25) is 11.8 Å². The average Bonchev–Trinajstić information content (AvgIpc) is 2.43. The first-order valence-corrected chi connectivity index (χ1v) is 7.54. The van der Waals surface area contributed by atoms with Gasteiger partial charge in [0.05, 0.1) is 6.61 Å². The Kier molecular flexibility index (Phi) is 5.17. The Morgan fingerprint density at radius 2 is 2.30 bits per heavy atom. The highest BCUT2D eigenvalue weighted by molar-refractivity contribution is 5.31. The van der Waals surface area contributed by atoms with Gasteiger partial charge in [-0.3, -0.25) is 0 Å². The van der Waals surface area contributed by atoms with Gasteiger partial charge in [0.25, 0.3) is 0 Å². The molecular formula is C15H26N4O. The Labute approximate surface area is 121 Å². The molecule has 1 aliphatic rings. The van der Waals surface area contributed by atoms with E-state index in [1.807, 2.05) is 13.0 Å². The quantitative estimate of drug-likeness (QED) is 0.836. The molecule has 0 spiro atoms. The Morgan fingerprint density at radius 1 is 1.45 bits per heavy atom. The first-order chi connectivity index (χ1) is 9.61. The number of piperidine rings is 1. The molecule has 112 valence electrons. The second kappa shape index (κ2) is 6.88. The number of aryl methyl sites for hydroxylation is 1. The van der Waals surface area contributed by atoms with Crippen molar-refractivity contribution >= 4 is 5.95 Å². The minimum Gasteiger partial charge on any atom is -0.478 e. The van der Waals surface area contributed by atoms with Gasteiger partial charge in [-0.15, -0.1) is 0 Å². The second-order valence-electron chi connectivity index (χ2n) is 5.96. The highest BCUT2D eigenvalue weighted by Crippen LogP contribution is 2.25. The first kappa shape index (κ1) is 15.0. The summed E-state index contributed by atoms with van der Waals surface area (Å²) >= 11 is 0. The van der Waals surface area contributed by atoms with Gasteiger partial charge in [-0.05, 0) is 38.1 Å². The van der Waals surface area contributed by atoms with Gasteiger partial charge in [0.1, 0.15) is 0 Å². The summed E-state index contributed by atoms with van der Waals surface area (Å²) in [6, 6.07) is 1.88. The first-order valence-electron chi connectivity index (χ1n) is 7.54. The lowest BCUT2D eigenvalue weighted by molar-refractivity contribution is 0.253. The van der Waals surface area contributed by atoms with Gasteiger partial charge in [-0.25, -0.2) is 4.98 Å². The molecule has 2 N–H and O–H groups in total. The molecule has 1 aromatic heterocycles. The molecular weight excluding hydrogens is 252 g/mol. The van der Waals surface area contributed by atoms with Crippen LogP contribution in [0.4, 0.5) is 5.95 Å². The molecule has 1 aliphatic heterocycles. The second-order valence-corrected chi connectivity index (χ2v) is 5.96. The maximum Gasteiger partial charge on any atom is 0.226 e. The van der Waals surface area contributed by atoms with Gasteiger partial charge in [0, 0.05) is 24.8 Å². The zero-order chi connectivity index (χ0) is 14.4. The van der Waals surface area contributed by atoms with Crippen molar-refractivity contribution in [1.29, 1.82) is 0 Å². The van der Waals surface area contributed by atoms with E-state index in [1.165, 1.54) is 12.8 Å². The largest absolute Gasteiger partial charge is 0.478 e. The molecule has 2 rings (SSSR count). The van der Waals surface area contributed by atoms with E-state index >= 15 is 0 Å². The molecule has 1 aromatic rings. The lowest BCUT2D eigenvalue weighted by atomic mass is 9.83. The third kappa shape index (κ3) is 4.34. The Hall–Kier alpha value is -1.36. The highest BCUT2D eigenvalue weighted by Gasteiger charge is 2.26. The Morgan fingerprint density at radius 3 is 3.00 bits per heavy atom. The van der Waals surface area contributed by atoms with Gasteiger partial charge in [0.15, 0.2) is 0 Å². The summed E-state index contributed by atoms with van der Waals surface area (Å²) in [7, 11) is 0.